The number of anilines is 1. The molecule has 17 heavy (non-hydrogen) atoms. The first kappa shape index (κ1) is 12.8. The van der Waals surface area contributed by atoms with Gasteiger partial charge in [0.05, 0.1) is 10.2 Å². The number of nitrogens with zero attached hydrogens (tertiary/aromatic N) is 2. The summed E-state index contributed by atoms with van der Waals surface area (Å²) >= 11 is 3.55. The third-order valence-corrected chi connectivity index (χ3v) is 4.53. The van der Waals surface area contributed by atoms with Crippen LogP contribution in [0.4, 0.5) is 5.82 Å². The molecule has 1 unspecified atom stereocenters. The fraction of sp³-hybridized carbons (Fsp3) is 0.692. The monoisotopic (exact) mass is 297 g/mol. The SMILES string of the molecule is CCC(C)c1nc(N)c(Br)c(C2CCCC2)n1. The van der Waals surface area contributed by atoms with Gasteiger partial charge in [0.15, 0.2) is 0 Å². The fourth-order valence-electron chi connectivity index (χ4n) is 2.37. The molecule has 1 fully saturated rings. The van der Waals surface area contributed by atoms with Crippen molar-refractivity contribution >= 4 is 21.7 Å². The summed E-state index contributed by atoms with van der Waals surface area (Å²) in [6.45, 7) is 4.31. The van der Waals surface area contributed by atoms with Gasteiger partial charge in [-0.15, -0.1) is 0 Å². The average Bonchev–Trinajstić information content (AvgIpc) is 2.85. The van der Waals surface area contributed by atoms with Gasteiger partial charge < -0.3 is 5.73 Å². The Labute approximate surface area is 111 Å². The molecule has 0 radical (unpaired) electrons. The van der Waals surface area contributed by atoms with E-state index in [4.69, 9.17) is 10.7 Å². The van der Waals surface area contributed by atoms with E-state index in [-0.39, 0.29) is 0 Å². The molecule has 4 heteroatoms. The van der Waals surface area contributed by atoms with Gasteiger partial charge in [0.25, 0.3) is 0 Å². The van der Waals surface area contributed by atoms with E-state index in [0.717, 1.165) is 22.4 Å². The first-order valence-corrected chi connectivity index (χ1v) is 7.25. The molecule has 1 aromatic rings. The summed E-state index contributed by atoms with van der Waals surface area (Å²) in [6.07, 6.45) is 6.12. The molecule has 0 spiro atoms. The van der Waals surface area contributed by atoms with Gasteiger partial charge in [0.2, 0.25) is 0 Å². The van der Waals surface area contributed by atoms with Gasteiger partial charge in [-0.1, -0.05) is 26.7 Å². The standard InChI is InChI=1S/C13H20BrN3/c1-3-8(2)13-16-11(9-6-4-5-7-9)10(14)12(15)17-13/h8-9H,3-7H2,1-2H3,(H2,15,16,17). The van der Waals surface area contributed by atoms with Crippen LogP contribution in [-0.2, 0) is 0 Å². The average molecular weight is 298 g/mol. The maximum Gasteiger partial charge on any atom is 0.141 e. The minimum absolute atomic E-state index is 0.380. The second-order valence-electron chi connectivity index (χ2n) is 4.96. The number of halogens is 1. The second kappa shape index (κ2) is 5.34. The Morgan fingerprint density at radius 3 is 2.59 bits per heavy atom. The van der Waals surface area contributed by atoms with Crippen LogP contribution >= 0.6 is 15.9 Å². The van der Waals surface area contributed by atoms with Crippen LogP contribution in [0.3, 0.4) is 0 Å². The zero-order valence-corrected chi connectivity index (χ0v) is 12.1. The lowest BCUT2D eigenvalue weighted by Crippen LogP contribution is -2.09. The van der Waals surface area contributed by atoms with Crippen molar-refractivity contribution in [2.75, 3.05) is 5.73 Å². The predicted octanol–water partition coefficient (Wildman–Crippen LogP) is 3.99. The van der Waals surface area contributed by atoms with Crippen molar-refractivity contribution in [3.63, 3.8) is 0 Å². The van der Waals surface area contributed by atoms with E-state index in [1.165, 1.54) is 25.7 Å². The summed E-state index contributed by atoms with van der Waals surface area (Å²) in [7, 11) is 0. The molecule has 1 aliphatic rings. The number of rotatable bonds is 3. The van der Waals surface area contributed by atoms with Crippen LogP contribution in [0.25, 0.3) is 0 Å². The normalized spacial score (nSPS) is 18.5. The lowest BCUT2D eigenvalue weighted by molar-refractivity contribution is 0.638. The van der Waals surface area contributed by atoms with Crippen LogP contribution in [0.1, 0.15) is 69.3 Å². The highest BCUT2D eigenvalue weighted by molar-refractivity contribution is 9.10. The van der Waals surface area contributed by atoms with Gasteiger partial charge in [-0.05, 0) is 35.2 Å². The van der Waals surface area contributed by atoms with Crippen LogP contribution < -0.4 is 5.73 Å². The summed E-state index contributed by atoms with van der Waals surface area (Å²) in [5.41, 5.74) is 7.11. The van der Waals surface area contributed by atoms with Crippen molar-refractivity contribution in [1.82, 2.24) is 9.97 Å². The van der Waals surface area contributed by atoms with E-state index in [1.54, 1.807) is 0 Å². The lowest BCUT2D eigenvalue weighted by Gasteiger charge is -2.16. The molecule has 1 heterocycles. The third-order valence-electron chi connectivity index (χ3n) is 3.71. The van der Waals surface area contributed by atoms with E-state index >= 15 is 0 Å². The fourth-order valence-corrected chi connectivity index (χ4v) is 2.87. The molecule has 0 amide bonds. The van der Waals surface area contributed by atoms with E-state index < -0.39 is 0 Å². The molecular formula is C13H20BrN3. The molecule has 2 rings (SSSR count). The van der Waals surface area contributed by atoms with Gasteiger partial charge in [-0.2, -0.15) is 0 Å². The van der Waals surface area contributed by atoms with Crippen molar-refractivity contribution < 1.29 is 0 Å². The van der Waals surface area contributed by atoms with E-state index in [0.29, 0.717) is 17.7 Å². The van der Waals surface area contributed by atoms with Crippen LogP contribution in [0, 0.1) is 0 Å². The van der Waals surface area contributed by atoms with Crippen LogP contribution in [0.2, 0.25) is 0 Å². The quantitative estimate of drug-likeness (QED) is 0.918. The maximum atomic E-state index is 5.98. The Balaban J connectivity index is 2.38. The van der Waals surface area contributed by atoms with Gasteiger partial charge in [0, 0.05) is 11.8 Å². The summed E-state index contributed by atoms with van der Waals surface area (Å²) in [4.78, 5) is 9.14. The molecular weight excluding hydrogens is 278 g/mol. The summed E-state index contributed by atoms with van der Waals surface area (Å²) < 4.78 is 0.913. The van der Waals surface area contributed by atoms with E-state index in [1.807, 2.05) is 0 Å². The number of hydrogen-bond donors (Lipinski definition) is 1. The Morgan fingerprint density at radius 2 is 2.00 bits per heavy atom. The summed E-state index contributed by atoms with van der Waals surface area (Å²) in [6, 6.07) is 0. The van der Waals surface area contributed by atoms with Gasteiger partial charge in [-0.3, -0.25) is 0 Å². The van der Waals surface area contributed by atoms with Gasteiger partial charge in [-0.25, -0.2) is 9.97 Å². The highest BCUT2D eigenvalue weighted by atomic mass is 79.9. The minimum atomic E-state index is 0.380. The second-order valence-corrected chi connectivity index (χ2v) is 5.75. The Bertz CT molecular complexity index is 400. The van der Waals surface area contributed by atoms with Crippen LogP contribution in [0.5, 0.6) is 0 Å². The Hall–Kier alpha value is -0.640. The Morgan fingerprint density at radius 1 is 1.35 bits per heavy atom. The smallest absolute Gasteiger partial charge is 0.141 e. The highest BCUT2D eigenvalue weighted by Crippen LogP contribution is 2.38. The lowest BCUT2D eigenvalue weighted by atomic mass is 10.0. The van der Waals surface area contributed by atoms with Crippen molar-refractivity contribution in [2.24, 2.45) is 0 Å². The van der Waals surface area contributed by atoms with Crippen LogP contribution in [0.15, 0.2) is 4.47 Å². The predicted molar refractivity (Wildman–Crippen MR) is 74.1 cm³/mol. The zero-order valence-electron chi connectivity index (χ0n) is 10.5. The molecule has 0 aromatic carbocycles. The minimum Gasteiger partial charge on any atom is -0.383 e. The molecule has 3 nitrogen and oxygen atoms in total. The van der Waals surface area contributed by atoms with Crippen LogP contribution in [-0.4, -0.2) is 9.97 Å². The molecule has 0 aliphatic heterocycles. The largest absolute Gasteiger partial charge is 0.383 e. The van der Waals surface area contributed by atoms with Crippen molar-refractivity contribution in [2.45, 2.75) is 57.8 Å². The molecule has 0 saturated heterocycles. The van der Waals surface area contributed by atoms with Crippen molar-refractivity contribution in [3.8, 4) is 0 Å². The number of aromatic nitrogens is 2. The topological polar surface area (TPSA) is 51.8 Å². The first-order chi connectivity index (χ1) is 8.13. The molecule has 0 bridgehead atoms. The third kappa shape index (κ3) is 2.62. The Kier molecular flexibility index (Phi) is 4.02. The number of nitrogen functional groups attached to an aromatic ring is 1. The highest BCUT2D eigenvalue weighted by Gasteiger charge is 2.24. The van der Waals surface area contributed by atoms with Crippen molar-refractivity contribution in [1.29, 1.82) is 0 Å². The zero-order chi connectivity index (χ0) is 12.4. The molecule has 1 aliphatic carbocycles. The molecule has 94 valence electrons. The number of hydrogen-bond acceptors (Lipinski definition) is 3. The first-order valence-electron chi connectivity index (χ1n) is 6.46. The van der Waals surface area contributed by atoms with Gasteiger partial charge >= 0.3 is 0 Å². The summed E-state index contributed by atoms with van der Waals surface area (Å²) in [5, 5.41) is 0. The van der Waals surface area contributed by atoms with E-state index in [2.05, 4.69) is 34.8 Å². The van der Waals surface area contributed by atoms with Crippen molar-refractivity contribution in [3.05, 3.63) is 16.0 Å². The molecule has 1 atom stereocenters. The molecule has 2 N–H and O–H groups in total. The molecule has 1 aromatic heterocycles. The molecule has 1 saturated carbocycles. The number of nitrogens with two attached hydrogens (primary N) is 1. The maximum absolute atomic E-state index is 5.98. The summed E-state index contributed by atoms with van der Waals surface area (Å²) in [5.74, 6) is 2.44. The van der Waals surface area contributed by atoms with Gasteiger partial charge in [0.1, 0.15) is 11.6 Å². The van der Waals surface area contributed by atoms with E-state index in [9.17, 15) is 0 Å².